The van der Waals surface area contributed by atoms with Crippen LogP contribution in [0.25, 0.3) is 0 Å². The number of hydrogen-bond acceptors (Lipinski definition) is 1. The van der Waals surface area contributed by atoms with Crippen LogP contribution in [-0.4, -0.2) is 13.9 Å². The highest BCUT2D eigenvalue weighted by Crippen LogP contribution is 2.13. The van der Waals surface area contributed by atoms with Crippen molar-refractivity contribution in [2.24, 2.45) is 0 Å². The highest BCUT2D eigenvalue weighted by atomic mass is 35.5. The second-order valence-electron chi connectivity index (χ2n) is 6.63. The molecule has 2 aromatic carbocycles. The van der Waals surface area contributed by atoms with Gasteiger partial charge >= 0.3 is 0 Å². The van der Waals surface area contributed by atoms with Gasteiger partial charge < -0.3 is 0 Å². The Hall–Kier alpha value is -1.82. The second kappa shape index (κ2) is 7.63. The number of rotatable bonds is 4. The van der Waals surface area contributed by atoms with Gasteiger partial charge in [0.25, 0.3) is 0 Å². The van der Waals surface area contributed by atoms with Gasteiger partial charge in [0.05, 0.1) is 0 Å². The van der Waals surface area contributed by atoms with Crippen LogP contribution in [0.1, 0.15) is 27.9 Å². The molecule has 0 atom stereocenters. The third kappa shape index (κ3) is 6.06. The Kier molecular flexibility index (Phi) is 5.82. The lowest BCUT2D eigenvalue weighted by Crippen LogP contribution is -2.16. The monoisotopic (exact) mass is 340 g/mol. The van der Waals surface area contributed by atoms with Crippen molar-refractivity contribution >= 4 is 25.5 Å². The van der Waals surface area contributed by atoms with E-state index < -0.39 is 8.07 Å². The fraction of sp³-hybridized carbons (Fsp3) is 0.250. The van der Waals surface area contributed by atoms with Crippen LogP contribution in [0.15, 0.2) is 48.5 Å². The summed E-state index contributed by atoms with van der Waals surface area (Å²) in [6.45, 7) is 6.63. The molecule has 0 saturated heterocycles. The van der Waals surface area contributed by atoms with E-state index in [0.29, 0.717) is 11.4 Å². The lowest BCUT2D eigenvalue weighted by molar-refractivity contribution is 0.0983. The summed E-state index contributed by atoms with van der Waals surface area (Å²) in [6, 6.07) is 15.3. The standard InChI is InChI=1S/C20H21ClOSi/c1-23(2,3)14-13-17-5-4-6-18(15-17)20(22)12-9-16-7-10-19(21)11-8-16/h4-8,10-11,15H,9,12H2,1-3H3. The van der Waals surface area contributed by atoms with Crippen LogP contribution in [0.2, 0.25) is 24.7 Å². The zero-order valence-electron chi connectivity index (χ0n) is 13.8. The number of benzene rings is 2. The van der Waals surface area contributed by atoms with Gasteiger partial charge in [-0.15, -0.1) is 5.54 Å². The minimum atomic E-state index is -1.41. The summed E-state index contributed by atoms with van der Waals surface area (Å²) < 4.78 is 0. The molecule has 0 saturated carbocycles. The fourth-order valence-corrected chi connectivity index (χ4v) is 2.73. The van der Waals surface area contributed by atoms with Crippen molar-refractivity contribution in [2.45, 2.75) is 32.5 Å². The molecule has 2 rings (SSSR count). The Morgan fingerprint density at radius 3 is 2.43 bits per heavy atom. The van der Waals surface area contributed by atoms with Crippen molar-refractivity contribution in [3.05, 3.63) is 70.2 Å². The van der Waals surface area contributed by atoms with Crippen LogP contribution in [-0.2, 0) is 6.42 Å². The first-order valence-corrected chi connectivity index (χ1v) is 11.6. The Morgan fingerprint density at radius 2 is 1.78 bits per heavy atom. The highest BCUT2D eigenvalue weighted by Gasteiger charge is 2.09. The van der Waals surface area contributed by atoms with E-state index >= 15 is 0 Å². The molecule has 0 amide bonds. The van der Waals surface area contributed by atoms with Gasteiger partial charge in [0.1, 0.15) is 8.07 Å². The van der Waals surface area contributed by atoms with E-state index in [2.05, 4.69) is 31.1 Å². The molecular weight excluding hydrogens is 320 g/mol. The third-order valence-corrected chi connectivity index (χ3v) is 4.45. The summed E-state index contributed by atoms with van der Waals surface area (Å²) in [4.78, 5) is 12.4. The van der Waals surface area contributed by atoms with E-state index in [0.717, 1.165) is 23.1 Å². The Bertz CT molecular complexity index is 746. The largest absolute Gasteiger partial charge is 0.294 e. The molecule has 0 aliphatic carbocycles. The van der Waals surface area contributed by atoms with Crippen LogP contribution in [0.3, 0.4) is 0 Å². The quantitative estimate of drug-likeness (QED) is 0.414. The summed E-state index contributed by atoms with van der Waals surface area (Å²) in [5, 5.41) is 0.716. The first-order valence-electron chi connectivity index (χ1n) is 7.74. The summed E-state index contributed by atoms with van der Waals surface area (Å²) in [6.07, 6.45) is 1.22. The zero-order chi connectivity index (χ0) is 16.9. The molecule has 0 aromatic heterocycles. The molecule has 1 nitrogen and oxygen atoms in total. The number of aryl methyl sites for hydroxylation is 1. The summed E-state index contributed by atoms with van der Waals surface area (Å²) in [5.74, 6) is 3.35. The topological polar surface area (TPSA) is 17.1 Å². The molecule has 0 unspecified atom stereocenters. The van der Waals surface area contributed by atoms with E-state index in [9.17, 15) is 4.79 Å². The lowest BCUT2D eigenvalue weighted by Gasteiger charge is -2.05. The van der Waals surface area contributed by atoms with Gasteiger partial charge in [0.15, 0.2) is 5.78 Å². The van der Waals surface area contributed by atoms with Crippen LogP contribution < -0.4 is 0 Å². The highest BCUT2D eigenvalue weighted by molar-refractivity contribution is 6.83. The smallest absolute Gasteiger partial charge is 0.163 e. The molecule has 0 aliphatic rings. The minimum absolute atomic E-state index is 0.150. The zero-order valence-corrected chi connectivity index (χ0v) is 15.6. The second-order valence-corrected chi connectivity index (χ2v) is 11.8. The van der Waals surface area contributed by atoms with Crippen molar-refractivity contribution in [2.75, 3.05) is 0 Å². The van der Waals surface area contributed by atoms with Gasteiger partial charge in [0.2, 0.25) is 0 Å². The average molecular weight is 341 g/mol. The Balaban J connectivity index is 2.04. The molecule has 0 heterocycles. The first kappa shape index (κ1) is 17.5. The van der Waals surface area contributed by atoms with E-state index in [-0.39, 0.29) is 5.78 Å². The van der Waals surface area contributed by atoms with E-state index in [1.54, 1.807) is 0 Å². The normalized spacial score (nSPS) is 10.8. The fourth-order valence-electron chi connectivity index (χ4n) is 2.08. The number of ketones is 1. The SMILES string of the molecule is C[Si](C)(C)C#Cc1cccc(C(=O)CCc2ccc(Cl)cc2)c1. The number of hydrogen-bond donors (Lipinski definition) is 0. The molecule has 0 fully saturated rings. The maximum absolute atomic E-state index is 12.4. The minimum Gasteiger partial charge on any atom is -0.294 e. The van der Waals surface area contributed by atoms with Crippen LogP contribution in [0.5, 0.6) is 0 Å². The molecule has 3 heteroatoms. The van der Waals surface area contributed by atoms with Crippen molar-refractivity contribution in [3.63, 3.8) is 0 Å². The molecule has 0 N–H and O–H groups in total. The number of halogens is 1. The first-order chi connectivity index (χ1) is 10.8. The molecule has 0 bridgehead atoms. The van der Waals surface area contributed by atoms with Crippen molar-refractivity contribution in [1.29, 1.82) is 0 Å². The predicted molar refractivity (Wildman–Crippen MR) is 101 cm³/mol. The number of Topliss-reactive ketones (excluding diaryl/α,β-unsaturated/α-hetero) is 1. The number of carbonyl (C=O) groups excluding carboxylic acids is 1. The van der Waals surface area contributed by atoms with Crippen molar-refractivity contribution in [3.8, 4) is 11.5 Å². The molecule has 23 heavy (non-hydrogen) atoms. The molecule has 0 aliphatic heterocycles. The Morgan fingerprint density at radius 1 is 1.09 bits per heavy atom. The van der Waals surface area contributed by atoms with Crippen molar-refractivity contribution in [1.82, 2.24) is 0 Å². The summed E-state index contributed by atoms with van der Waals surface area (Å²) in [7, 11) is -1.41. The maximum atomic E-state index is 12.4. The molecule has 0 spiro atoms. The lowest BCUT2D eigenvalue weighted by atomic mass is 10.0. The van der Waals surface area contributed by atoms with Gasteiger partial charge in [0, 0.05) is 22.6 Å². The number of carbonyl (C=O) groups is 1. The van der Waals surface area contributed by atoms with E-state index in [1.807, 2.05) is 48.5 Å². The van der Waals surface area contributed by atoms with E-state index in [4.69, 9.17) is 11.6 Å². The van der Waals surface area contributed by atoms with Gasteiger partial charge in [-0.05, 0) is 36.2 Å². The van der Waals surface area contributed by atoms with Gasteiger partial charge in [-0.2, -0.15) is 0 Å². The molecular formula is C20H21ClOSi. The summed E-state index contributed by atoms with van der Waals surface area (Å²) in [5.41, 5.74) is 6.11. The molecule has 2 aromatic rings. The predicted octanol–water partition coefficient (Wildman–Crippen LogP) is 5.38. The summed E-state index contributed by atoms with van der Waals surface area (Å²) >= 11 is 5.87. The van der Waals surface area contributed by atoms with Crippen LogP contribution in [0.4, 0.5) is 0 Å². The third-order valence-electron chi connectivity index (χ3n) is 3.32. The molecule has 118 valence electrons. The van der Waals surface area contributed by atoms with E-state index in [1.165, 1.54) is 0 Å². The van der Waals surface area contributed by atoms with Crippen molar-refractivity contribution < 1.29 is 4.79 Å². The van der Waals surface area contributed by atoms with Gasteiger partial charge in [-0.25, -0.2) is 0 Å². The van der Waals surface area contributed by atoms with Crippen LogP contribution >= 0.6 is 11.6 Å². The molecule has 0 radical (unpaired) electrons. The van der Waals surface area contributed by atoms with Gasteiger partial charge in [-0.3, -0.25) is 4.79 Å². The van der Waals surface area contributed by atoms with Crippen LogP contribution in [0, 0.1) is 11.5 Å². The Labute approximate surface area is 144 Å². The maximum Gasteiger partial charge on any atom is 0.163 e. The van der Waals surface area contributed by atoms with Gasteiger partial charge in [-0.1, -0.05) is 61.4 Å². The average Bonchev–Trinajstić information content (AvgIpc) is 2.52.